The average molecular weight is 504 g/mol. The van der Waals surface area contributed by atoms with Crippen LogP contribution in [0.3, 0.4) is 0 Å². The third kappa shape index (κ3) is 6.32. The second-order valence-corrected chi connectivity index (χ2v) is 8.82. The maximum atomic E-state index is 12.2. The molecule has 1 amide bonds. The molecule has 0 saturated heterocycles. The van der Waals surface area contributed by atoms with E-state index in [9.17, 15) is 9.59 Å². The van der Waals surface area contributed by atoms with Gasteiger partial charge in [0.15, 0.2) is 0 Å². The minimum atomic E-state index is -0.962. The summed E-state index contributed by atoms with van der Waals surface area (Å²) >= 11 is 12.4. The van der Waals surface area contributed by atoms with Crippen molar-refractivity contribution in [2.24, 2.45) is 0 Å². The molecule has 4 aromatic rings. The van der Waals surface area contributed by atoms with Crippen molar-refractivity contribution in [3.8, 4) is 22.5 Å². The van der Waals surface area contributed by atoms with E-state index in [1.54, 1.807) is 18.2 Å². The molecule has 3 aromatic carbocycles. The molecule has 4 rings (SSSR count). The smallest absolute Gasteiger partial charge is 0.305 e. The molecule has 35 heavy (non-hydrogen) atoms. The molecule has 0 aliphatic carbocycles. The number of hydrogen-bond donors (Lipinski definition) is 2. The molecule has 0 saturated carbocycles. The highest BCUT2D eigenvalue weighted by Gasteiger charge is 2.14. The lowest BCUT2D eigenvalue weighted by Crippen LogP contribution is -2.25. The van der Waals surface area contributed by atoms with E-state index < -0.39 is 5.97 Å². The first-order valence-electron chi connectivity index (χ1n) is 10.8. The molecule has 0 atom stereocenters. The van der Waals surface area contributed by atoms with Crippen molar-refractivity contribution in [2.75, 3.05) is 6.54 Å². The van der Waals surface area contributed by atoms with Crippen molar-refractivity contribution in [2.45, 2.75) is 13.0 Å². The van der Waals surface area contributed by atoms with Gasteiger partial charge in [-0.15, -0.1) is 0 Å². The van der Waals surface area contributed by atoms with E-state index in [0.717, 1.165) is 28.1 Å². The van der Waals surface area contributed by atoms with Gasteiger partial charge < -0.3 is 10.4 Å². The molecule has 0 unspecified atom stereocenters. The van der Waals surface area contributed by atoms with Gasteiger partial charge in [0.25, 0.3) is 5.91 Å². The number of benzene rings is 3. The number of nitrogens with zero attached hydrogens (tertiary/aromatic N) is 2. The molecule has 1 aromatic heterocycles. The van der Waals surface area contributed by atoms with Gasteiger partial charge in [-0.25, -0.2) is 0 Å². The standard InChI is InChI=1S/C26H20BCl2N3O3/c27-20-7-5-17(6-8-20)24-14-23(19-11-21(28)13-22(29)12-19)31-32(24)15-16-1-3-18(4-2-16)26(35)30-10-9-25(33)34/h1-8,11-14H,9-10,15H2,(H,30,35)(H,33,34). The summed E-state index contributed by atoms with van der Waals surface area (Å²) in [5.74, 6) is -1.28. The fraction of sp³-hybridized carbons (Fsp3) is 0.115. The van der Waals surface area contributed by atoms with Crippen molar-refractivity contribution < 1.29 is 14.7 Å². The summed E-state index contributed by atoms with van der Waals surface area (Å²) in [6.07, 6.45) is -0.128. The van der Waals surface area contributed by atoms with E-state index in [-0.39, 0.29) is 18.9 Å². The molecule has 0 spiro atoms. The van der Waals surface area contributed by atoms with Crippen LogP contribution < -0.4 is 10.8 Å². The summed E-state index contributed by atoms with van der Waals surface area (Å²) < 4.78 is 1.87. The van der Waals surface area contributed by atoms with Gasteiger partial charge in [0.2, 0.25) is 0 Å². The number of carbonyl (C=O) groups is 2. The Bertz CT molecular complexity index is 1350. The van der Waals surface area contributed by atoms with Gasteiger partial charge in [-0.1, -0.05) is 65.1 Å². The van der Waals surface area contributed by atoms with Gasteiger partial charge in [0.1, 0.15) is 7.85 Å². The van der Waals surface area contributed by atoms with Crippen molar-refractivity contribution in [1.29, 1.82) is 0 Å². The maximum Gasteiger partial charge on any atom is 0.305 e. The first-order chi connectivity index (χ1) is 16.8. The first-order valence-corrected chi connectivity index (χ1v) is 11.5. The molecule has 0 aliphatic heterocycles. The molecule has 0 fully saturated rings. The largest absolute Gasteiger partial charge is 0.481 e. The van der Waals surface area contributed by atoms with Crippen LogP contribution in [0.15, 0.2) is 72.8 Å². The lowest BCUT2D eigenvalue weighted by atomic mass is 9.94. The zero-order valence-corrected chi connectivity index (χ0v) is 20.1. The Labute approximate surface area is 213 Å². The van der Waals surface area contributed by atoms with Crippen LogP contribution in [0, 0.1) is 0 Å². The van der Waals surface area contributed by atoms with Crippen LogP contribution >= 0.6 is 23.2 Å². The van der Waals surface area contributed by atoms with Crippen LogP contribution in [0.2, 0.25) is 10.0 Å². The molecule has 0 aliphatic rings. The van der Waals surface area contributed by atoms with Crippen LogP contribution in [0.5, 0.6) is 0 Å². The summed E-state index contributed by atoms with van der Waals surface area (Å²) in [5, 5.41) is 17.2. The second-order valence-electron chi connectivity index (χ2n) is 7.95. The minimum Gasteiger partial charge on any atom is -0.481 e. The molecular formula is C26H20BCl2N3O3. The second kappa shape index (κ2) is 10.8. The Balaban J connectivity index is 1.62. The van der Waals surface area contributed by atoms with E-state index in [4.69, 9.17) is 41.3 Å². The number of aliphatic carboxylic acids is 1. The summed E-state index contributed by atoms with van der Waals surface area (Å²) in [6, 6.07) is 21.9. The lowest BCUT2D eigenvalue weighted by molar-refractivity contribution is -0.136. The van der Waals surface area contributed by atoms with Gasteiger partial charge in [-0.05, 0) is 47.5 Å². The van der Waals surface area contributed by atoms with E-state index in [2.05, 4.69) is 5.32 Å². The maximum absolute atomic E-state index is 12.2. The van der Waals surface area contributed by atoms with Crippen LogP contribution in [0.1, 0.15) is 22.3 Å². The molecule has 2 radical (unpaired) electrons. The molecule has 6 nitrogen and oxygen atoms in total. The highest BCUT2D eigenvalue weighted by molar-refractivity contribution is 6.35. The van der Waals surface area contributed by atoms with Gasteiger partial charge in [-0.2, -0.15) is 5.10 Å². The van der Waals surface area contributed by atoms with Crippen LogP contribution in [0.25, 0.3) is 22.5 Å². The summed E-state index contributed by atoms with van der Waals surface area (Å²) in [6.45, 7) is 0.527. The summed E-state index contributed by atoms with van der Waals surface area (Å²) in [4.78, 5) is 22.9. The molecule has 9 heteroatoms. The monoisotopic (exact) mass is 503 g/mol. The third-order valence-corrected chi connectivity index (χ3v) is 5.75. The Hall–Kier alpha value is -3.55. The summed E-state index contributed by atoms with van der Waals surface area (Å²) in [7, 11) is 5.87. The van der Waals surface area contributed by atoms with Crippen LogP contribution in [-0.2, 0) is 11.3 Å². The van der Waals surface area contributed by atoms with E-state index in [0.29, 0.717) is 27.6 Å². The van der Waals surface area contributed by atoms with Gasteiger partial charge in [0, 0.05) is 27.7 Å². The quantitative estimate of drug-likeness (QED) is 0.345. The predicted octanol–water partition coefficient (Wildman–Crippen LogP) is 4.57. The van der Waals surface area contributed by atoms with E-state index >= 15 is 0 Å². The number of aromatic nitrogens is 2. The Morgan fingerprint density at radius 1 is 0.914 bits per heavy atom. The Morgan fingerprint density at radius 3 is 2.20 bits per heavy atom. The van der Waals surface area contributed by atoms with Crippen molar-refractivity contribution in [3.63, 3.8) is 0 Å². The van der Waals surface area contributed by atoms with Gasteiger partial charge in [-0.3, -0.25) is 14.3 Å². The predicted molar refractivity (Wildman–Crippen MR) is 139 cm³/mol. The van der Waals surface area contributed by atoms with Crippen molar-refractivity contribution >= 4 is 48.4 Å². The average Bonchev–Trinajstić information content (AvgIpc) is 3.23. The highest BCUT2D eigenvalue weighted by atomic mass is 35.5. The minimum absolute atomic E-state index is 0.0739. The van der Waals surface area contributed by atoms with Crippen LogP contribution in [-0.4, -0.2) is 41.2 Å². The van der Waals surface area contributed by atoms with Crippen molar-refractivity contribution in [1.82, 2.24) is 15.1 Å². The van der Waals surface area contributed by atoms with Gasteiger partial charge in [0.05, 0.1) is 24.4 Å². The zero-order valence-electron chi connectivity index (χ0n) is 18.5. The van der Waals surface area contributed by atoms with Crippen molar-refractivity contribution in [3.05, 3.63) is 94.0 Å². The lowest BCUT2D eigenvalue weighted by Gasteiger charge is -2.09. The Morgan fingerprint density at radius 2 is 1.57 bits per heavy atom. The number of carbonyl (C=O) groups excluding carboxylic acids is 1. The van der Waals surface area contributed by atoms with E-state index in [1.807, 2.05) is 59.3 Å². The molecule has 174 valence electrons. The zero-order chi connectivity index (χ0) is 24.9. The summed E-state index contributed by atoms with van der Waals surface area (Å²) in [5.41, 5.74) is 5.39. The third-order valence-electron chi connectivity index (χ3n) is 5.32. The number of carboxylic acid groups (broad SMARTS) is 1. The van der Waals surface area contributed by atoms with Crippen LogP contribution in [0.4, 0.5) is 0 Å². The first kappa shape index (κ1) is 24.6. The fourth-order valence-corrected chi connectivity index (χ4v) is 4.11. The Kier molecular flexibility index (Phi) is 7.59. The SMILES string of the molecule is [B]c1ccc(-c2cc(-c3cc(Cl)cc(Cl)c3)nn2Cc2ccc(C(=O)NCCC(=O)O)cc2)cc1. The molecular weight excluding hydrogens is 484 g/mol. The molecule has 0 bridgehead atoms. The molecule has 1 heterocycles. The van der Waals surface area contributed by atoms with E-state index in [1.165, 1.54) is 0 Å². The number of rotatable bonds is 8. The number of amides is 1. The number of nitrogens with one attached hydrogen (secondary N) is 1. The highest BCUT2D eigenvalue weighted by Crippen LogP contribution is 2.30. The van der Waals surface area contributed by atoms with Gasteiger partial charge >= 0.3 is 5.97 Å². The molecule has 2 N–H and O–H groups in total. The normalized spacial score (nSPS) is 10.8. The fourth-order valence-electron chi connectivity index (χ4n) is 3.59. The number of hydrogen-bond acceptors (Lipinski definition) is 3. The number of halogens is 2. The topological polar surface area (TPSA) is 84.2 Å². The number of carboxylic acids is 1.